The fraction of sp³-hybridized carbons (Fsp3) is 0.818. The van der Waals surface area contributed by atoms with Crippen molar-refractivity contribution in [3.05, 3.63) is 0 Å². The maximum absolute atomic E-state index is 11.4. The van der Waals surface area contributed by atoms with Gasteiger partial charge in [-0.15, -0.1) is 0 Å². The number of piperidine rings is 1. The van der Waals surface area contributed by atoms with Gasteiger partial charge in [-0.3, -0.25) is 9.59 Å². The van der Waals surface area contributed by atoms with Crippen LogP contribution in [-0.2, 0) is 9.59 Å². The largest absolute Gasteiger partial charge is 0.370 e. The molecule has 1 aliphatic rings. The van der Waals surface area contributed by atoms with Crippen LogP contribution in [0.25, 0.3) is 0 Å². The fourth-order valence-corrected chi connectivity index (χ4v) is 1.84. The number of carbonyl (C=O) groups excluding carboxylic acids is 2. The molecule has 0 bridgehead atoms. The molecule has 1 radical (unpaired) electrons. The third-order valence-electron chi connectivity index (χ3n) is 2.79. The first-order valence-electron chi connectivity index (χ1n) is 5.86. The van der Waals surface area contributed by atoms with E-state index in [9.17, 15) is 9.59 Å². The molecule has 0 aromatic rings. The van der Waals surface area contributed by atoms with Crippen molar-refractivity contribution in [2.45, 2.75) is 32.1 Å². The second-order valence-electron chi connectivity index (χ2n) is 4.24. The number of hydrogen-bond donors (Lipinski definition) is 2. The van der Waals surface area contributed by atoms with Gasteiger partial charge in [-0.2, -0.15) is 0 Å². The number of primary amides is 1. The molecule has 0 spiro atoms. The van der Waals surface area contributed by atoms with Crippen molar-refractivity contribution >= 4 is 11.8 Å². The zero-order chi connectivity index (χ0) is 11.8. The second-order valence-corrected chi connectivity index (χ2v) is 4.24. The summed E-state index contributed by atoms with van der Waals surface area (Å²) in [5.41, 5.74) is 4.97. The summed E-state index contributed by atoms with van der Waals surface area (Å²) in [6.45, 7) is 2.22. The third-order valence-corrected chi connectivity index (χ3v) is 2.79. The topological polar surface area (TPSA) is 86.3 Å². The Morgan fingerprint density at radius 1 is 1.38 bits per heavy atom. The van der Waals surface area contributed by atoms with Crippen molar-refractivity contribution < 1.29 is 9.59 Å². The SMILES string of the molecule is NC(=O)CCNC(=O)CCC1CCC[N]C1. The van der Waals surface area contributed by atoms with E-state index in [0.29, 0.717) is 18.9 Å². The highest BCUT2D eigenvalue weighted by atomic mass is 16.2. The van der Waals surface area contributed by atoms with E-state index in [1.807, 2.05) is 0 Å². The fourth-order valence-electron chi connectivity index (χ4n) is 1.84. The van der Waals surface area contributed by atoms with Gasteiger partial charge in [-0.05, 0) is 25.2 Å². The van der Waals surface area contributed by atoms with Crippen LogP contribution in [0.5, 0.6) is 0 Å². The van der Waals surface area contributed by atoms with Crippen LogP contribution in [0.2, 0.25) is 0 Å². The average Bonchev–Trinajstić information content (AvgIpc) is 2.27. The molecule has 1 saturated heterocycles. The van der Waals surface area contributed by atoms with E-state index in [1.165, 1.54) is 6.42 Å². The Hall–Kier alpha value is -1.10. The van der Waals surface area contributed by atoms with Gasteiger partial charge in [0.2, 0.25) is 11.8 Å². The van der Waals surface area contributed by atoms with Crippen molar-refractivity contribution in [3.63, 3.8) is 0 Å². The van der Waals surface area contributed by atoms with Crippen LogP contribution in [0.3, 0.4) is 0 Å². The zero-order valence-corrected chi connectivity index (χ0v) is 9.58. The van der Waals surface area contributed by atoms with Crippen molar-refractivity contribution in [2.75, 3.05) is 19.6 Å². The molecule has 1 unspecified atom stereocenters. The molecule has 91 valence electrons. The molecule has 1 rings (SSSR count). The number of hydrogen-bond acceptors (Lipinski definition) is 2. The van der Waals surface area contributed by atoms with Crippen LogP contribution >= 0.6 is 0 Å². The van der Waals surface area contributed by atoms with Gasteiger partial charge in [0.1, 0.15) is 0 Å². The quantitative estimate of drug-likeness (QED) is 0.655. The summed E-state index contributed by atoms with van der Waals surface area (Å²) in [5.74, 6) is 0.189. The summed E-state index contributed by atoms with van der Waals surface area (Å²) >= 11 is 0. The highest BCUT2D eigenvalue weighted by Gasteiger charge is 2.14. The second kappa shape index (κ2) is 7.22. The first-order valence-corrected chi connectivity index (χ1v) is 5.86. The Labute approximate surface area is 96.1 Å². The predicted octanol–water partition coefficient (Wildman–Crippen LogP) is -0.227. The zero-order valence-electron chi connectivity index (χ0n) is 9.58. The molecular weight excluding hydrogens is 206 g/mol. The summed E-state index contributed by atoms with van der Waals surface area (Å²) in [6, 6.07) is 0. The predicted molar refractivity (Wildman–Crippen MR) is 60.6 cm³/mol. The highest BCUT2D eigenvalue weighted by molar-refractivity contribution is 5.77. The van der Waals surface area contributed by atoms with Crippen LogP contribution in [0.4, 0.5) is 0 Å². The monoisotopic (exact) mass is 226 g/mol. The number of nitrogens with one attached hydrogen (secondary N) is 1. The van der Waals surface area contributed by atoms with Gasteiger partial charge >= 0.3 is 0 Å². The minimum Gasteiger partial charge on any atom is -0.370 e. The molecule has 5 heteroatoms. The number of nitrogens with two attached hydrogens (primary N) is 1. The van der Waals surface area contributed by atoms with E-state index in [2.05, 4.69) is 10.6 Å². The van der Waals surface area contributed by atoms with Crippen LogP contribution in [0.1, 0.15) is 32.1 Å². The Kier molecular flexibility index (Phi) is 5.85. The van der Waals surface area contributed by atoms with Crippen molar-refractivity contribution in [2.24, 2.45) is 11.7 Å². The van der Waals surface area contributed by atoms with Crippen LogP contribution < -0.4 is 16.4 Å². The molecule has 1 fully saturated rings. The summed E-state index contributed by atoms with van der Waals surface area (Å²) < 4.78 is 0. The maximum Gasteiger partial charge on any atom is 0.220 e. The molecule has 16 heavy (non-hydrogen) atoms. The van der Waals surface area contributed by atoms with Crippen LogP contribution in [-0.4, -0.2) is 31.4 Å². The molecular formula is C11H20N3O2. The lowest BCUT2D eigenvalue weighted by molar-refractivity contribution is -0.121. The highest BCUT2D eigenvalue weighted by Crippen LogP contribution is 2.16. The Bertz CT molecular complexity index is 237. The van der Waals surface area contributed by atoms with Gasteiger partial charge in [0.25, 0.3) is 0 Å². The Balaban J connectivity index is 2.02. The smallest absolute Gasteiger partial charge is 0.220 e. The summed E-state index contributed by atoms with van der Waals surface area (Å²) in [4.78, 5) is 21.8. The summed E-state index contributed by atoms with van der Waals surface area (Å²) in [7, 11) is 0. The van der Waals surface area contributed by atoms with Gasteiger partial charge in [0, 0.05) is 32.5 Å². The van der Waals surface area contributed by atoms with Crippen LogP contribution in [0.15, 0.2) is 0 Å². The van der Waals surface area contributed by atoms with E-state index in [-0.39, 0.29) is 18.2 Å². The number of nitrogens with zero attached hydrogens (tertiary/aromatic N) is 1. The molecule has 0 aliphatic carbocycles. The van der Waals surface area contributed by atoms with Crippen molar-refractivity contribution in [1.29, 1.82) is 0 Å². The number of rotatable bonds is 6. The molecule has 1 aliphatic heterocycles. The lowest BCUT2D eigenvalue weighted by atomic mass is 9.94. The molecule has 0 saturated carbocycles. The standard InChI is InChI=1S/C11H20N3O2/c12-10(15)5-7-14-11(16)4-3-9-2-1-6-13-8-9/h9H,1-8H2,(H2,12,15)(H,14,16). The van der Waals surface area contributed by atoms with Gasteiger partial charge in [-0.25, -0.2) is 5.32 Å². The lowest BCUT2D eigenvalue weighted by Gasteiger charge is -2.20. The lowest BCUT2D eigenvalue weighted by Crippen LogP contribution is -2.29. The summed E-state index contributed by atoms with van der Waals surface area (Å²) in [6.07, 6.45) is 3.96. The molecule has 0 aromatic heterocycles. The Morgan fingerprint density at radius 3 is 2.81 bits per heavy atom. The average molecular weight is 226 g/mol. The number of amides is 2. The van der Waals surface area contributed by atoms with Crippen molar-refractivity contribution in [1.82, 2.24) is 10.6 Å². The van der Waals surface area contributed by atoms with E-state index >= 15 is 0 Å². The number of carbonyl (C=O) groups is 2. The minimum absolute atomic E-state index is 0.00632. The van der Waals surface area contributed by atoms with Crippen molar-refractivity contribution in [3.8, 4) is 0 Å². The molecule has 3 N–H and O–H groups in total. The Morgan fingerprint density at radius 2 is 2.19 bits per heavy atom. The van der Waals surface area contributed by atoms with Crippen LogP contribution in [0, 0.1) is 5.92 Å². The van der Waals surface area contributed by atoms with E-state index < -0.39 is 0 Å². The minimum atomic E-state index is -0.383. The first-order chi connectivity index (χ1) is 7.68. The summed E-state index contributed by atoms with van der Waals surface area (Å²) in [5, 5.41) is 7.01. The maximum atomic E-state index is 11.4. The molecule has 1 heterocycles. The third kappa shape index (κ3) is 5.70. The van der Waals surface area contributed by atoms with Gasteiger partial charge < -0.3 is 11.1 Å². The van der Waals surface area contributed by atoms with Gasteiger partial charge in [0.05, 0.1) is 0 Å². The van der Waals surface area contributed by atoms with E-state index in [1.54, 1.807) is 0 Å². The first kappa shape index (κ1) is 13.0. The van der Waals surface area contributed by atoms with Gasteiger partial charge in [-0.1, -0.05) is 0 Å². The van der Waals surface area contributed by atoms with E-state index in [4.69, 9.17) is 5.73 Å². The molecule has 2 amide bonds. The normalized spacial score (nSPS) is 20.4. The molecule has 5 nitrogen and oxygen atoms in total. The van der Waals surface area contributed by atoms with E-state index in [0.717, 1.165) is 25.9 Å². The molecule has 0 aromatic carbocycles. The molecule has 1 atom stereocenters. The van der Waals surface area contributed by atoms with Gasteiger partial charge in [0.15, 0.2) is 0 Å².